The van der Waals surface area contributed by atoms with Crippen molar-refractivity contribution < 1.29 is 14.2 Å². The lowest BCUT2D eigenvalue weighted by molar-refractivity contribution is 0.197. The molecule has 0 radical (unpaired) electrons. The fourth-order valence-corrected chi connectivity index (χ4v) is 2.20. The molecule has 0 aliphatic rings. The summed E-state index contributed by atoms with van der Waals surface area (Å²) in [6.45, 7) is 8.48. The number of guanidine groups is 1. The van der Waals surface area contributed by atoms with E-state index in [9.17, 15) is 0 Å². The van der Waals surface area contributed by atoms with Gasteiger partial charge in [0.25, 0.3) is 0 Å². The van der Waals surface area contributed by atoms with Crippen LogP contribution in [0.2, 0.25) is 0 Å². The van der Waals surface area contributed by atoms with Gasteiger partial charge in [-0.15, -0.1) is 0 Å². The molecule has 0 spiro atoms. The number of benzene rings is 1. The van der Waals surface area contributed by atoms with Gasteiger partial charge in [0.2, 0.25) is 5.75 Å². The molecule has 0 amide bonds. The summed E-state index contributed by atoms with van der Waals surface area (Å²) in [7, 11) is 8.96. The topological polar surface area (TPSA) is 67.4 Å². The van der Waals surface area contributed by atoms with Gasteiger partial charge in [-0.1, -0.05) is 0 Å². The summed E-state index contributed by atoms with van der Waals surface area (Å²) in [5.74, 6) is 2.61. The molecule has 7 heteroatoms. The molecule has 0 fully saturated rings. The van der Waals surface area contributed by atoms with Crippen LogP contribution in [-0.4, -0.2) is 64.9 Å². The molecule has 0 bridgehead atoms. The summed E-state index contributed by atoms with van der Waals surface area (Å²) in [5.41, 5.74) is 0.992. The molecule has 0 atom stereocenters. The van der Waals surface area contributed by atoms with E-state index in [1.807, 2.05) is 19.1 Å². The molecule has 7 nitrogen and oxygen atoms in total. The maximum absolute atomic E-state index is 5.40. The Kier molecular flexibility index (Phi) is 8.51. The molecule has 2 N–H and O–H groups in total. The molecule has 0 aromatic heterocycles. The van der Waals surface area contributed by atoms with E-state index in [2.05, 4.69) is 48.5 Å². The first-order valence-corrected chi connectivity index (χ1v) is 8.77. The Morgan fingerprint density at radius 3 is 2.04 bits per heavy atom. The largest absolute Gasteiger partial charge is 0.493 e. The van der Waals surface area contributed by atoms with Gasteiger partial charge in [-0.2, -0.15) is 0 Å². The van der Waals surface area contributed by atoms with E-state index in [4.69, 9.17) is 14.2 Å². The van der Waals surface area contributed by atoms with Gasteiger partial charge in [0.05, 0.1) is 27.9 Å². The van der Waals surface area contributed by atoms with Gasteiger partial charge < -0.3 is 29.7 Å². The summed E-state index contributed by atoms with van der Waals surface area (Å²) >= 11 is 0. The molecular weight excluding hydrogens is 332 g/mol. The number of rotatable bonds is 9. The summed E-state index contributed by atoms with van der Waals surface area (Å²) in [6, 6.07) is 3.83. The van der Waals surface area contributed by atoms with Crippen molar-refractivity contribution in [3.8, 4) is 17.2 Å². The Hall–Kier alpha value is -2.15. The van der Waals surface area contributed by atoms with Crippen molar-refractivity contribution in [2.75, 3.05) is 48.5 Å². The maximum atomic E-state index is 5.40. The molecule has 0 saturated carbocycles. The van der Waals surface area contributed by atoms with Crippen LogP contribution in [0.15, 0.2) is 17.1 Å². The number of methoxy groups -OCH3 is 3. The number of hydrogen-bond donors (Lipinski definition) is 2. The van der Waals surface area contributed by atoms with Crippen LogP contribution in [0.3, 0.4) is 0 Å². The zero-order valence-corrected chi connectivity index (χ0v) is 17.4. The lowest BCUT2D eigenvalue weighted by Gasteiger charge is -2.33. The quantitative estimate of drug-likeness (QED) is 0.515. The van der Waals surface area contributed by atoms with Gasteiger partial charge in [-0.05, 0) is 52.6 Å². The Morgan fingerprint density at radius 2 is 1.62 bits per heavy atom. The maximum Gasteiger partial charge on any atom is 0.203 e. The second kappa shape index (κ2) is 10.1. The van der Waals surface area contributed by atoms with Crippen LogP contribution in [0.25, 0.3) is 0 Å². The molecule has 1 aromatic carbocycles. The van der Waals surface area contributed by atoms with Crippen molar-refractivity contribution >= 4 is 5.96 Å². The number of ether oxygens (including phenoxy) is 3. The Balaban J connectivity index is 2.96. The van der Waals surface area contributed by atoms with E-state index in [1.165, 1.54) is 0 Å². The van der Waals surface area contributed by atoms with E-state index in [0.717, 1.165) is 24.6 Å². The summed E-state index contributed by atoms with van der Waals surface area (Å²) in [5, 5.41) is 6.68. The number of nitrogens with one attached hydrogen (secondary N) is 2. The molecule has 1 aromatic rings. The predicted molar refractivity (Wildman–Crippen MR) is 107 cm³/mol. The van der Waals surface area contributed by atoms with Crippen LogP contribution in [0.1, 0.15) is 26.3 Å². The second-order valence-electron chi connectivity index (χ2n) is 6.79. The standard InChI is InChI=1S/C19H34N4O3/c1-9-20-18(22-13-19(2,3)23(4)5)21-12-14-10-15(24-6)17(26-8)16(11-14)25-7/h10-11H,9,12-13H2,1-8H3,(H2,20,21,22). The molecular formula is C19H34N4O3. The zero-order valence-electron chi connectivity index (χ0n) is 17.4. The highest BCUT2D eigenvalue weighted by molar-refractivity contribution is 5.79. The van der Waals surface area contributed by atoms with Crippen LogP contribution < -0.4 is 24.8 Å². The van der Waals surface area contributed by atoms with E-state index >= 15 is 0 Å². The van der Waals surface area contributed by atoms with E-state index in [1.54, 1.807) is 21.3 Å². The average Bonchev–Trinajstić information content (AvgIpc) is 2.62. The first kappa shape index (κ1) is 21.9. The molecule has 0 heterocycles. The first-order chi connectivity index (χ1) is 12.3. The molecule has 148 valence electrons. The van der Waals surface area contributed by atoms with Crippen LogP contribution in [0.5, 0.6) is 17.2 Å². The Labute approximate surface area is 157 Å². The van der Waals surface area contributed by atoms with Crippen LogP contribution in [0.4, 0.5) is 0 Å². The molecule has 0 aliphatic carbocycles. The molecule has 0 unspecified atom stereocenters. The third kappa shape index (κ3) is 5.98. The van der Waals surface area contributed by atoms with Gasteiger partial charge >= 0.3 is 0 Å². The number of likely N-dealkylation sites (N-methyl/N-ethyl adjacent to an activating group) is 1. The highest BCUT2D eigenvalue weighted by Gasteiger charge is 2.20. The Morgan fingerprint density at radius 1 is 1.04 bits per heavy atom. The minimum atomic E-state index is 0.0166. The lowest BCUT2D eigenvalue weighted by Crippen LogP contribution is -2.50. The third-order valence-electron chi connectivity index (χ3n) is 4.39. The van der Waals surface area contributed by atoms with E-state index in [-0.39, 0.29) is 5.54 Å². The summed E-state index contributed by atoms with van der Waals surface area (Å²) in [6.07, 6.45) is 0. The fourth-order valence-electron chi connectivity index (χ4n) is 2.20. The Bertz CT molecular complexity index is 575. The third-order valence-corrected chi connectivity index (χ3v) is 4.39. The number of hydrogen-bond acceptors (Lipinski definition) is 5. The first-order valence-electron chi connectivity index (χ1n) is 8.77. The average molecular weight is 367 g/mol. The van der Waals surface area contributed by atoms with Crippen LogP contribution in [-0.2, 0) is 6.54 Å². The van der Waals surface area contributed by atoms with Crippen LogP contribution in [0, 0.1) is 0 Å². The monoisotopic (exact) mass is 366 g/mol. The normalized spacial score (nSPS) is 12.1. The van der Waals surface area contributed by atoms with Crippen LogP contribution >= 0.6 is 0 Å². The number of nitrogens with zero attached hydrogens (tertiary/aromatic N) is 2. The van der Waals surface area contributed by atoms with Gasteiger partial charge in [0.15, 0.2) is 17.5 Å². The number of aliphatic imine (C=N–C) groups is 1. The highest BCUT2D eigenvalue weighted by Crippen LogP contribution is 2.38. The molecule has 0 saturated heterocycles. The van der Waals surface area contributed by atoms with Crippen molar-refractivity contribution in [3.05, 3.63) is 17.7 Å². The van der Waals surface area contributed by atoms with Gasteiger partial charge in [0, 0.05) is 18.6 Å². The molecule has 1 rings (SSSR count). The highest BCUT2D eigenvalue weighted by atomic mass is 16.5. The zero-order chi connectivity index (χ0) is 19.7. The van der Waals surface area contributed by atoms with Crippen molar-refractivity contribution in [1.82, 2.24) is 15.5 Å². The second-order valence-corrected chi connectivity index (χ2v) is 6.79. The summed E-state index contributed by atoms with van der Waals surface area (Å²) in [4.78, 5) is 6.86. The van der Waals surface area contributed by atoms with Crippen molar-refractivity contribution in [2.24, 2.45) is 4.99 Å². The van der Waals surface area contributed by atoms with Gasteiger partial charge in [-0.3, -0.25) is 0 Å². The molecule has 26 heavy (non-hydrogen) atoms. The molecule has 0 aliphatic heterocycles. The SMILES string of the molecule is CCNC(=NCc1cc(OC)c(OC)c(OC)c1)NCC(C)(C)N(C)C. The van der Waals surface area contributed by atoms with Crippen molar-refractivity contribution in [1.29, 1.82) is 0 Å². The minimum absolute atomic E-state index is 0.0166. The van der Waals surface area contributed by atoms with Gasteiger partial charge in [-0.25, -0.2) is 4.99 Å². The van der Waals surface area contributed by atoms with Crippen molar-refractivity contribution in [3.63, 3.8) is 0 Å². The summed E-state index contributed by atoms with van der Waals surface area (Å²) < 4.78 is 16.2. The fraction of sp³-hybridized carbons (Fsp3) is 0.632. The van der Waals surface area contributed by atoms with E-state index in [0.29, 0.717) is 23.8 Å². The smallest absolute Gasteiger partial charge is 0.203 e. The minimum Gasteiger partial charge on any atom is -0.493 e. The predicted octanol–water partition coefficient (Wildman–Crippen LogP) is 2.11. The lowest BCUT2D eigenvalue weighted by atomic mass is 10.0. The van der Waals surface area contributed by atoms with Crippen molar-refractivity contribution in [2.45, 2.75) is 32.9 Å². The van der Waals surface area contributed by atoms with E-state index < -0.39 is 0 Å². The van der Waals surface area contributed by atoms with Gasteiger partial charge in [0.1, 0.15) is 0 Å².